The van der Waals surface area contributed by atoms with Gasteiger partial charge in [-0.3, -0.25) is 4.90 Å². The van der Waals surface area contributed by atoms with Gasteiger partial charge in [-0.25, -0.2) is 4.79 Å². The second-order valence-electron chi connectivity index (χ2n) is 4.56. The van der Waals surface area contributed by atoms with Gasteiger partial charge in [0.1, 0.15) is 11.3 Å². The number of rotatable bonds is 5. The van der Waals surface area contributed by atoms with E-state index in [9.17, 15) is 4.79 Å². The number of carboxylic acids is 1. The van der Waals surface area contributed by atoms with Crippen molar-refractivity contribution in [2.24, 2.45) is 0 Å². The molecule has 4 heteroatoms. The number of hydrogen-bond acceptors (Lipinski definition) is 3. The fraction of sp³-hybridized carbons (Fsp3) is 0.615. The van der Waals surface area contributed by atoms with Crippen molar-refractivity contribution in [3.05, 3.63) is 23.7 Å². The van der Waals surface area contributed by atoms with Crippen molar-refractivity contribution in [1.29, 1.82) is 0 Å². The Morgan fingerprint density at radius 2 is 2.24 bits per heavy atom. The van der Waals surface area contributed by atoms with Gasteiger partial charge in [-0.15, -0.1) is 0 Å². The molecule has 1 aromatic heterocycles. The van der Waals surface area contributed by atoms with E-state index in [4.69, 9.17) is 9.52 Å². The fourth-order valence-corrected chi connectivity index (χ4v) is 2.61. The summed E-state index contributed by atoms with van der Waals surface area (Å²) >= 11 is 0. The van der Waals surface area contributed by atoms with Crippen LogP contribution in [0, 0.1) is 0 Å². The summed E-state index contributed by atoms with van der Waals surface area (Å²) < 4.78 is 5.30. The van der Waals surface area contributed by atoms with E-state index in [-0.39, 0.29) is 0 Å². The molecule has 2 rings (SSSR count). The monoisotopic (exact) mass is 237 g/mol. The summed E-state index contributed by atoms with van der Waals surface area (Å²) in [7, 11) is 0. The van der Waals surface area contributed by atoms with Gasteiger partial charge in [0, 0.05) is 6.04 Å². The average molecular weight is 237 g/mol. The van der Waals surface area contributed by atoms with Gasteiger partial charge >= 0.3 is 5.97 Å². The van der Waals surface area contributed by atoms with Crippen molar-refractivity contribution in [2.45, 2.75) is 45.2 Å². The zero-order chi connectivity index (χ0) is 12.3. The van der Waals surface area contributed by atoms with Gasteiger partial charge < -0.3 is 9.52 Å². The lowest BCUT2D eigenvalue weighted by molar-refractivity contribution is 0.0691. The minimum absolute atomic E-state index is 0.293. The molecule has 0 atom stereocenters. The van der Waals surface area contributed by atoms with Crippen molar-refractivity contribution in [3.63, 3.8) is 0 Å². The van der Waals surface area contributed by atoms with Crippen LogP contribution < -0.4 is 0 Å². The minimum atomic E-state index is -0.906. The molecule has 1 aliphatic carbocycles. The Morgan fingerprint density at radius 1 is 1.53 bits per heavy atom. The Kier molecular flexibility index (Phi) is 3.84. The molecule has 0 aromatic carbocycles. The Bertz CT molecular complexity index is 380. The largest absolute Gasteiger partial charge is 0.478 e. The van der Waals surface area contributed by atoms with Crippen LogP contribution in [0.2, 0.25) is 0 Å². The second kappa shape index (κ2) is 5.36. The maximum atomic E-state index is 11.0. The maximum Gasteiger partial charge on any atom is 0.339 e. The second-order valence-corrected chi connectivity index (χ2v) is 4.56. The lowest BCUT2D eigenvalue weighted by Gasteiger charge is -2.26. The van der Waals surface area contributed by atoms with Crippen LogP contribution in [0.15, 0.2) is 16.7 Å². The van der Waals surface area contributed by atoms with Crippen LogP contribution in [0.1, 0.15) is 48.7 Å². The third-order valence-electron chi connectivity index (χ3n) is 3.57. The molecule has 0 aliphatic heterocycles. The normalized spacial score (nSPS) is 16.8. The van der Waals surface area contributed by atoms with Crippen LogP contribution in [0.25, 0.3) is 0 Å². The number of carbonyl (C=O) groups is 1. The quantitative estimate of drug-likeness (QED) is 0.855. The molecular weight excluding hydrogens is 218 g/mol. The molecule has 17 heavy (non-hydrogen) atoms. The van der Waals surface area contributed by atoms with E-state index >= 15 is 0 Å². The minimum Gasteiger partial charge on any atom is -0.478 e. The first-order valence-corrected chi connectivity index (χ1v) is 6.26. The number of carboxylic acid groups (broad SMARTS) is 1. The van der Waals surface area contributed by atoms with Crippen LogP contribution in [0.4, 0.5) is 0 Å². The van der Waals surface area contributed by atoms with Crippen LogP contribution in [-0.2, 0) is 6.54 Å². The summed E-state index contributed by atoms with van der Waals surface area (Å²) in [5.41, 5.74) is 0.293. The highest BCUT2D eigenvalue weighted by molar-refractivity contribution is 5.88. The first-order valence-electron chi connectivity index (χ1n) is 6.26. The fourth-order valence-electron chi connectivity index (χ4n) is 2.61. The summed E-state index contributed by atoms with van der Waals surface area (Å²) in [5, 5.41) is 9.03. The van der Waals surface area contributed by atoms with Gasteiger partial charge in [0.05, 0.1) is 12.8 Å². The Labute approximate surface area is 101 Å². The van der Waals surface area contributed by atoms with E-state index in [1.807, 2.05) is 0 Å². The third-order valence-corrected chi connectivity index (χ3v) is 3.57. The molecule has 0 spiro atoms. The van der Waals surface area contributed by atoms with E-state index in [1.165, 1.54) is 38.0 Å². The summed E-state index contributed by atoms with van der Waals surface area (Å²) in [5.74, 6) is -0.331. The molecular formula is C13H19NO3. The zero-order valence-electron chi connectivity index (χ0n) is 10.2. The summed E-state index contributed by atoms with van der Waals surface area (Å²) in [6.07, 6.45) is 6.46. The Hall–Kier alpha value is -1.29. The Morgan fingerprint density at radius 3 is 2.82 bits per heavy atom. The van der Waals surface area contributed by atoms with Crippen LogP contribution in [0.3, 0.4) is 0 Å². The highest BCUT2D eigenvalue weighted by Gasteiger charge is 2.24. The number of aromatic carboxylic acids is 1. The standard InChI is InChI=1S/C13H19NO3/c1-2-14(10-5-3-4-6-10)9-12-11(13(15)16)7-8-17-12/h7-8,10H,2-6,9H2,1H3,(H,15,16). The molecule has 1 N–H and O–H groups in total. The molecule has 1 saturated carbocycles. The molecule has 4 nitrogen and oxygen atoms in total. The summed E-state index contributed by atoms with van der Waals surface area (Å²) in [6, 6.07) is 2.12. The molecule has 1 heterocycles. The predicted octanol–water partition coefficient (Wildman–Crippen LogP) is 2.74. The molecule has 1 fully saturated rings. The maximum absolute atomic E-state index is 11.0. The average Bonchev–Trinajstić information content (AvgIpc) is 2.96. The van der Waals surface area contributed by atoms with Crippen molar-refractivity contribution in [3.8, 4) is 0 Å². The molecule has 1 aliphatic rings. The van der Waals surface area contributed by atoms with Gasteiger partial charge in [-0.1, -0.05) is 19.8 Å². The first-order chi connectivity index (χ1) is 8.22. The highest BCUT2D eigenvalue weighted by atomic mass is 16.4. The molecule has 0 saturated heterocycles. The summed E-state index contributed by atoms with van der Waals surface area (Å²) in [6.45, 7) is 3.65. The molecule has 0 bridgehead atoms. The van der Waals surface area contributed by atoms with Crippen molar-refractivity contribution >= 4 is 5.97 Å². The lowest BCUT2D eigenvalue weighted by atomic mass is 10.2. The van der Waals surface area contributed by atoms with Crippen LogP contribution in [-0.4, -0.2) is 28.6 Å². The van der Waals surface area contributed by atoms with Gasteiger partial charge in [0.15, 0.2) is 0 Å². The van der Waals surface area contributed by atoms with Gasteiger partial charge in [-0.2, -0.15) is 0 Å². The number of nitrogens with zero attached hydrogens (tertiary/aromatic N) is 1. The van der Waals surface area contributed by atoms with E-state index in [0.29, 0.717) is 23.9 Å². The van der Waals surface area contributed by atoms with Gasteiger partial charge in [0.25, 0.3) is 0 Å². The topological polar surface area (TPSA) is 53.7 Å². The molecule has 0 amide bonds. The van der Waals surface area contributed by atoms with Crippen LogP contribution >= 0.6 is 0 Å². The molecule has 94 valence electrons. The lowest BCUT2D eigenvalue weighted by Crippen LogP contribution is -2.32. The highest BCUT2D eigenvalue weighted by Crippen LogP contribution is 2.25. The Balaban J connectivity index is 2.06. The van der Waals surface area contributed by atoms with Gasteiger partial charge in [-0.05, 0) is 25.5 Å². The van der Waals surface area contributed by atoms with Crippen molar-refractivity contribution < 1.29 is 14.3 Å². The van der Waals surface area contributed by atoms with Crippen molar-refractivity contribution in [1.82, 2.24) is 4.90 Å². The first kappa shape index (κ1) is 12.2. The number of hydrogen-bond donors (Lipinski definition) is 1. The molecule has 0 radical (unpaired) electrons. The predicted molar refractivity (Wildman–Crippen MR) is 64.0 cm³/mol. The third kappa shape index (κ3) is 2.69. The molecule has 1 aromatic rings. The van der Waals surface area contributed by atoms with E-state index in [2.05, 4.69) is 11.8 Å². The van der Waals surface area contributed by atoms with Gasteiger partial charge in [0.2, 0.25) is 0 Å². The van der Waals surface area contributed by atoms with E-state index < -0.39 is 5.97 Å². The number of furan rings is 1. The SMILES string of the molecule is CCN(Cc1occc1C(=O)O)C1CCCC1. The van der Waals surface area contributed by atoms with Crippen molar-refractivity contribution in [2.75, 3.05) is 6.54 Å². The van der Waals surface area contributed by atoms with E-state index in [0.717, 1.165) is 6.54 Å². The smallest absolute Gasteiger partial charge is 0.339 e. The van der Waals surface area contributed by atoms with Crippen LogP contribution in [0.5, 0.6) is 0 Å². The molecule has 0 unspecified atom stereocenters. The summed E-state index contributed by atoms with van der Waals surface area (Å²) in [4.78, 5) is 13.3. The zero-order valence-corrected chi connectivity index (χ0v) is 10.2. The van der Waals surface area contributed by atoms with E-state index in [1.54, 1.807) is 0 Å².